The maximum absolute atomic E-state index is 11.2. The van der Waals surface area contributed by atoms with Gasteiger partial charge in [0.15, 0.2) is 0 Å². The van der Waals surface area contributed by atoms with Crippen LogP contribution in [0.15, 0.2) is 0 Å². The van der Waals surface area contributed by atoms with E-state index < -0.39 is 11.9 Å². The molecule has 0 aromatic carbocycles. The van der Waals surface area contributed by atoms with Crippen LogP contribution in [0.25, 0.3) is 0 Å². The van der Waals surface area contributed by atoms with Crippen molar-refractivity contribution in [3.8, 4) is 0 Å². The molecule has 17 heavy (non-hydrogen) atoms. The summed E-state index contributed by atoms with van der Waals surface area (Å²) in [5, 5.41) is 2.37. The summed E-state index contributed by atoms with van der Waals surface area (Å²) in [4.78, 5) is 33.3. The number of nitrogens with one attached hydrogen (secondary N) is 1. The van der Waals surface area contributed by atoms with Crippen molar-refractivity contribution in [2.45, 2.75) is 27.2 Å². The van der Waals surface area contributed by atoms with E-state index in [1.807, 2.05) is 0 Å². The number of rotatable bonds is 6. The second-order valence-electron chi connectivity index (χ2n) is 3.42. The Kier molecular flexibility index (Phi) is 7.75. The quantitative estimate of drug-likeness (QED) is 0.536. The van der Waals surface area contributed by atoms with E-state index in [2.05, 4.69) is 10.1 Å². The minimum Gasteiger partial charge on any atom is -0.466 e. The van der Waals surface area contributed by atoms with E-state index in [0.717, 1.165) is 0 Å². The van der Waals surface area contributed by atoms with Crippen LogP contribution in [0.2, 0.25) is 0 Å². The molecule has 6 nitrogen and oxygen atoms in total. The van der Waals surface area contributed by atoms with Crippen molar-refractivity contribution >= 4 is 17.8 Å². The largest absolute Gasteiger partial charge is 0.466 e. The molecule has 98 valence electrons. The number of carbonyl (C=O) groups excluding carboxylic acids is 3. The molecule has 1 amide bonds. The highest BCUT2D eigenvalue weighted by atomic mass is 16.5. The van der Waals surface area contributed by atoms with Crippen molar-refractivity contribution in [2.24, 2.45) is 5.92 Å². The third-order valence-electron chi connectivity index (χ3n) is 2.01. The first-order valence-electron chi connectivity index (χ1n) is 5.64. The third kappa shape index (κ3) is 6.55. The van der Waals surface area contributed by atoms with Crippen molar-refractivity contribution in [2.75, 3.05) is 19.8 Å². The fourth-order valence-corrected chi connectivity index (χ4v) is 1.07. The molecule has 6 heteroatoms. The lowest BCUT2D eigenvalue weighted by Crippen LogP contribution is -2.34. The Morgan fingerprint density at radius 3 is 2.24 bits per heavy atom. The van der Waals surface area contributed by atoms with E-state index in [1.165, 1.54) is 0 Å². The Balaban J connectivity index is 3.79. The van der Waals surface area contributed by atoms with Crippen LogP contribution in [-0.4, -0.2) is 37.6 Å². The van der Waals surface area contributed by atoms with Gasteiger partial charge in [0.25, 0.3) is 0 Å². The maximum Gasteiger partial charge on any atom is 0.396 e. The Hall–Kier alpha value is -1.59. The molecule has 1 atom stereocenters. The summed E-state index contributed by atoms with van der Waals surface area (Å²) in [7, 11) is 0. The zero-order chi connectivity index (χ0) is 13.3. The number of carbonyl (C=O) groups is 3. The molecule has 0 aliphatic rings. The first kappa shape index (κ1) is 15.4. The summed E-state index contributed by atoms with van der Waals surface area (Å²) in [5.41, 5.74) is 0. The van der Waals surface area contributed by atoms with Crippen molar-refractivity contribution in [1.82, 2.24) is 5.32 Å². The molecule has 0 heterocycles. The lowest BCUT2D eigenvalue weighted by atomic mass is 10.1. The van der Waals surface area contributed by atoms with Gasteiger partial charge in [-0.25, -0.2) is 4.79 Å². The number of hydrogen-bond donors (Lipinski definition) is 1. The van der Waals surface area contributed by atoms with E-state index in [0.29, 0.717) is 13.0 Å². The highest BCUT2D eigenvalue weighted by molar-refractivity contribution is 6.32. The zero-order valence-corrected chi connectivity index (χ0v) is 10.4. The topological polar surface area (TPSA) is 81.7 Å². The summed E-state index contributed by atoms with van der Waals surface area (Å²) in [6.45, 7) is 5.77. The van der Waals surface area contributed by atoms with Crippen LogP contribution in [-0.2, 0) is 23.9 Å². The summed E-state index contributed by atoms with van der Waals surface area (Å²) >= 11 is 0. The molecular weight excluding hydrogens is 226 g/mol. The Labute approximate surface area is 101 Å². The molecule has 1 N–H and O–H groups in total. The van der Waals surface area contributed by atoms with Crippen LogP contribution in [0.3, 0.4) is 0 Å². The van der Waals surface area contributed by atoms with Gasteiger partial charge >= 0.3 is 17.8 Å². The van der Waals surface area contributed by atoms with Gasteiger partial charge in [-0.05, 0) is 20.3 Å². The first-order valence-corrected chi connectivity index (χ1v) is 5.64. The monoisotopic (exact) mass is 245 g/mol. The predicted molar refractivity (Wildman–Crippen MR) is 60.1 cm³/mol. The SMILES string of the molecule is CCOC(=O)C(=O)NCC[C@@H](C)C(=O)OCC. The summed E-state index contributed by atoms with van der Waals surface area (Å²) < 4.78 is 9.31. The predicted octanol–water partition coefficient (Wildman–Crippen LogP) is 0.255. The van der Waals surface area contributed by atoms with Crippen LogP contribution in [0.5, 0.6) is 0 Å². The van der Waals surface area contributed by atoms with Crippen LogP contribution < -0.4 is 5.32 Å². The number of ether oxygens (including phenoxy) is 2. The summed E-state index contributed by atoms with van der Waals surface area (Å²) in [6, 6.07) is 0. The fraction of sp³-hybridized carbons (Fsp3) is 0.727. The lowest BCUT2D eigenvalue weighted by Gasteiger charge is -2.10. The normalized spacial score (nSPS) is 11.5. The van der Waals surface area contributed by atoms with Crippen molar-refractivity contribution in [3.05, 3.63) is 0 Å². The molecule has 0 aromatic heterocycles. The first-order chi connectivity index (χ1) is 8.02. The second kappa shape index (κ2) is 8.55. The fourth-order valence-electron chi connectivity index (χ4n) is 1.07. The van der Waals surface area contributed by atoms with Crippen molar-refractivity contribution in [1.29, 1.82) is 0 Å². The van der Waals surface area contributed by atoms with E-state index in [9.17, 15) is 14.4 Å². The number of esters is 2. The highest BCUT2D eigenvalue weighted by Gasteiger charge is 2.17. The van der Waals surface area contributed by atoms with E-state index >= 15 is 0 Å². The summed E-state index contributed by atoms with van der Waals surface area (Å²) in [5.74, 6) is -2.31. The minimum absolute atomic E-state index is 0.158. The highest BCUT2D eigenvalue weighted by Crippen LogP contribution is 2.03. The van der Waals surface area contributed by atoms with E-state index in [1.54, 1.807) is 20.8 Å². The van der Waals surface area contributed by atoms with Crippen LogP contribution in [0.4, 0.5) is 0 Å². The van der Waals surface area contributed by atoms with Gasteiger partial charge in [0.1, 0.15) is 0 Å². The molecule has 0 spiro atoms. The lowest BCUT2D eigenvalue weighted by molar-refractivity contribution is -0.154. The molecule has 0 unspecified atom stereocenters. The van der Waals surface area contributed by atoms with Crippen molar-refractivity contribution < 1.29 is 23.9 Å². The van der Waals surface area contributed by atoms with Gasteiger partial charge in [0.05, 0.1) is 19.1 Å². The molecular formula is C11H19NO5. The van der Waals surface area contributed by atoms with E-state index in [4.69, 9.17) is 4.74 Å². The van der Waals surface area contributed by atoms with Gasteiger partial charge < -0.3 is 14.8 Å². The molecule has 0 aliphatic heterocycles. The molecule has 0 rings (SSSR count). The number of amides is 1. The number of hydrogen-bond acceptors (Lipinski definition) is 5. The third-order valence-corrected chi connectivity index (χ3v) is 2.01. The molecule has 0 saturated carbocycles. The Morgan fingerprint density at radius 2 is 1.71 bits per heavy atom. The average molecular weight is 245 g/mol. The zero-order valence-electron chi connectivity index (χ0n) is 10.4. The molecule has 0 aromatic rings. The van der Waals surface area contributed by atoms with Gasteiger partial charge in [-0.15, -0.1) is 0 Å². The standard InChI is InChI=1S/C11H19NO5/c1-4-16-10(14)8(3)6-7-12-9(13)11(15)17-5-2/h8H,4-7H2,1-3H3,(H,12,13)/t8-/m1/s1. The smallest absolute Gasteiger partial charge is 0.396 e. The van der Waals surface area contributed by atoms with Gasteiger partial charge in [0, 0.05) is 6.54 Å². The Bertz CT molecular complexity index is 277. The molecule has 0 radical (unpaired) electrons. The van der Waals surface area contributed by atoms with Crippen LogP contribution >= 0.6 is 0 Å². The minimum atomic E-state index is -0.906. The molecule has 0 saturated heterocycles. The van der Waals surface area contributed by atoms with Crippen LogP contribution in [0, 0.1) is 5.92 Å². The Morgan fingerprint density at radius 1 is 1.12 bits per heavy atom. The molecule has 0 aliphatic carbocycles. The van der Waals surface area contributed by atoms with Crippen LogP contribution in [0.1, 0.15) is 27.2 Å². The van der Waals surface area contributed by atoms with Gasteiger partial charge in [-0.3, -0.25) is 9.59 Å². The molecule has 0 bridgehead atoms. The van der Waals surface area contributed by atoms with Gasteiger partial charge in [-0.2, -0.15) is 0 Å². The average Bonchev–Trinajstić information content (AvgIpc) is 2.29. The van der Waals surface area contributed by atoms with Gasteiger partial charge in [0.2, 0.25) is 0 Å². The molecule has 0 fully saturated rings. The van der Waals surface area contributed by atoms with E-state index in [-0.39, 0.29) is 25.0 Å². The summed E-state index contributed by atoms with van der Waals surface area (Å²) in [6.07, 6.45) is 0.421. The van der Waals surface area contributed by atoms with Gasteiger partial charge in [-0.1, -0.05) is 6.92 Å². The maximum atomic E-state index is 11.2. The second-order valence-corrected chi connectivity index (χ2v) is 3.42. The van der Waals surface area contributed by atoms with Crippen molar-refractivity contribution in [3.63, 3.8) is 0 Å².